The van der Waals surface area contributed by atoms with E-state index in [4.69, 9.17) is 17.3 Å². The number of halogens is 1. The predicted molar refractivity (Wildman–Crippen MR) is 120 cm³/mol. The number of para-hydroxylation sites is 2. The van der Waals surface area contributed by atoms with Gasteiger partial charge < -0.3 is 16.4 Å². The lowest BCUT2D eigenvalue weighted by Crippen LogP contribution is -2.14. The van der Waals surface area contributed by atoms with Gasteiger partial charge in [0, 0.05) is 23.9 Å². The lowest BCUT2D eigenvalue weighted by molar-refractivity contribution is 0.102. The van der Waals surface area contributed by atoms with Crippen LogP contribution < -0.4 is 16.4 Å². The third kappa shape index (κ3) is 5.56. The zero-order valence-electron chi connectivity index (χ0n) is 16.4. The van der Waals surface area contributed by atoms with Crippen LogP contribution in [0, 0.1) is 0 Å². The summed E-state index contributed by atoms with van der Waals surface area (Å²) in [6.07, 6.45) is 4.15. The molecule has 0 aliphatic carbocycles. The van der Waals surface area contributed by atoms with Crippen LogP contribution in [0.4, 0.5) is 11.4 Å². The summed E-state index contributed by atoms with van der Waals surface area (Å²) in [5.74, 6) is -0.220. The maximum Gasteiger partial charge on any atom is 0.255 e. The molecule has 0 aliphatic rings. The minimum Gasteiger partial charge on any atom is -0.397 e. The second-order valence-electron chi connectivity index (χ2n) is 6.82. The molecule has 0 saturated heterocycles. The normalized spacial score (nSPS) is 10.7. The molecule has 0 radical (unpaired) electrons. The first-order valence-corrected chi connectivity index (χ1v) is 10.1. The lowest BCUT2D eigenvalue weighted by Gasteiger charge is -2.10. The van der Waals surface area contributed by atoms with Crippen LogP contribution in [0.1, 0.15) is 35.7 Å². The Hall–Kier alpha value is -2.89. The number of hydrogen-bond donors (Lipinski definition) is 3. The predicted octanol–water partition coefficient (Wildman–Crippen LogP) is 5.13. The number of carbonyl (C=O) groups is 1. The third-order valence-electron chi connectivity index (χ3n) is 4.56. The zero-order valence-corrected chi connectivity index (χ0v) is 17.2. The van der Waals surface area contributed by atoms with Crippen molar-refractivity contribution in [3.05, 3.63) is 76.9 Å². The van der Waals surface area contributed by atoms with Crippen LogP contribution in [0.3, 0.4) is 0 Å². The van der Waals surface area contributed by atoms with Gasteiger partial charge in [-0.1, -0.05) is 49.2 Å². The Morgan fingerprint density at radius 1 is 1.14 bits per heavy atom. The Balaban J connectivity index is 1.68. The van der Waals surface area contributed by atoms with Crippen LogP contribution in [-0.2, 0) is 6.54 Å². The summed E-state index contributed by atoms with van der Waals surface area (Å²) in [5, 5.41) is 6.79. The molecule has 0 spiro atoms. The lowest BCUT2D eigenvalue weighted by atomic mass is 10.1. The smallest absolute Gasteiger partial charge is 0.255 e. The first-order valence-electron chi connectivity index (χ1n) is 9.70. The summed E-state index contributed by atoms with van der Waals surface area (Å²) in [6.45, 7) is 3.89. The standard InChI is InChI=1S/C23H25ClN4O/c1-2-3-12-26-14-16-13-19(24)22(27-15-16)17-8-10-18(11-9-17)23(29)28-21-7-5-4-6-20(21)25/h4-11,13,15,26H,2-3,12,14,25H2,1H3,(H,28,29). The van der Waals surface area contributed by atoms with Crippen molar-refractivity contribution >= 4 is 28.9 Å². The van der Waals surface area contributed by atoms with E-state index < -0.39 is 0 Å². The summed E-state index contributed by atoms with van der Waals surface area (Å²) < 4.78 is 0. The van der Waals surface area contributed by atoms with Crippen LogP contribution in [0.25, 0.3) is 11.3 Å². The number of benzene rings is 2. The number of hydrogen-bond acceptors (Lipinski definition) is 4. The molecule has 6 heteroatoms. The molecule has 4 N–H and O–H groups in total. The summed E-state index contributed by atoms with van der Waals surface area (Å²) in [4.78, 5) is 17.0. The van der Waals surface area contributed by atoms with Gasteiger partial charge >= 0.3 is 0 Å². The van der Waals surface area contributed by atoms with Gasteiger partial charge in [-0.25, -0.2) is 0 Å². The van der Waals surface area contributed by atoms with E-state index in [0.717, 1.165) is 37.1 Å². The molecule has 0 aliphatic heterocycles. The number of nitrogens with one attached hydrogen (secondary N) is 2. The Bertz CT molecular complexity index is 973. The van der Waals surface area contributed by atoms with Crippen molar-refractivity contribution in [1.82, 2.24) is 10.3 Å². The topological polar surface area (TPSA) is 80.0 Å². The molecule has 3 aromatic rings. The van der Waals surface area contributed by atoms with E-state index in [1.807, 2.05) is 36.5 Å². The molecule has 0 fully saturated rings. The monoisotopic (exact) mass is 408 g/mol. The van der Waals surface area contributed by atoms with Crippen molar-refractivity contribution in [3.8, 4) is 11.3 Å². The highest BCUT2D eigenvalue weighted by atomic mass is 35.5. The van der Waals surface area contributed by atoms with E-state index in [9.17, 15) is 4.79 Å². The van der Waals surface area contributed by atoms with Gasteiger partial charge in [-0.2, -0.15) is 0 Å². The number of aromatic nitrogens is 1. The molecule has 0 atom stereocenters. The molecule has 0 unspecified atom stereocenters. The number of anilines is 2. The Morgan fingerprint density at radius 2 is 1.90 bits per heavy atom. The maximum absolute atomic E-state index is 12.5. The largest absolute Gasteiger partial charge is 0.397 e. The molecule has 1 heterocycles. The summed E-state index contributed by atoms with van der Waals surface area (Å²) >= 11 is 6.45. The minimum atomic E-state index is -0.220. The van der Waals surface area contributed by atoms with Crippen molar-refractivity contribution in [3.63, 3.8) is 0 Å². The van der Waals surface area contributed by atoms with Crippen LogP contribution in [0.2, 0.25) is 5.02 Å². The van der Waals surface area contributed by atoms with Gasteiger partial charge in [0.1, 0.15) is 0 Å². The molecule has 150 valence electrons. The Labute approximate surface area is 176 Å². The number of nitrogens with two attached hydrogens (primary N) is 1. The Kier molecular flexibility index (Phi) is 7.22. The van der Waals surface area contributed by atoms with Crippen molar-refractivity contribution in [2.45, 2.75) is 26.3 Å². The molecule has 5 nitrogen and oxygen atoms in total. The number of rotatable bonds is 8. The van der Waals surface area contributed by atoms with Gasteiger partial charge in [0.15, 0.2) is 0 Å². The first-order chi connectivity index (χ1) is 14.1. The minimum absolute atomic E-state index is 0.220. The van der Waals surface area contributed by atoms with Crippen molar-refractivity contribution in [2.75, 3.05) is 17.6 Å². The highest BCUT2D eigenvalue weighted by Gasteiger charge is 2.10. The van der Waals surface area contributed by atoms with Crippen molar-refractivity contribution < 1.29 is 4.79 Å². The molecule has 3 rings (SSSR count). The van der Waals surface area contributed by atoms with E-state index in [1.54, 1.807) is 24.3 Å². The van der Waals surface area contributed by atoms with Crippen LogP contribution in [0.5, 0.6) is 0 Å². The SMILES string of the molecule is CCCCNCc1cnc(-c2ccc(C(=O)Nc3ccccc3N)cc2)c(Cl)c1. The van der Waals surface area contributed by atoms with Crippen molar-refractivity contribution in [1.29, 1.82) is 0 Å². The molecule has 0 bridgehead atoms. The van der Waals surface area contributed by atoms with E-state index >= 15 is 0 Å². The van der Waals surface area contributed by atoms with E-state index in [0.29, 0.717) is 27.7 Å². The van der Waals surface area contributed by atoms with Gasteiger partial charge in [0.05, 0.1) is 22.1 Å². The number of nitrogen functional groups attached to an aromatic ring is 1. The third-order valence-corrected chi connectivity index (χ3v) is 4.85. The molecule has 29 heavy (non-hydrogen) atoms. The zero-order chi connectivity index (χ0) is 20.6. The summed E-state index contributed by atoms with van der Waals surface area (Å²) in [6, 6.07) is 16.3. The molecule has 1 aromatic heterocycles. The Morgan fingerprint density at radius 3 is 2.59 bits per heavy atom. The van der Waals surface area contributed by atoms with Gasteiger partial charge in [-0.3, -0.25) is 9.78 Å². The average Bonchev–Trinajstić information content (AvgIpc) is 2.73. The average molecular weight is 409 g/mol. The molecular weight excluding hydrogens is 384 g/mol. The quantitative estimate of drug-likeness (QED) is 0.356. The van der Waals surface area contributed by atoms with Gasteiger partial charge in [0.25, 0.3) is 5.91 Å². The number of amides is 1. The number of carbonyl (C=O) groups excluding carboxylic acids is 1. The molecule has 1 amide bonds. The highest BCUT2D eigenvalue weighted by molar-refractivity contribution is 6.33. The van der Waals surface area contributed by atoms with Gasteiger partial charge in [-0.15, -0.1) is 0 Å². The van der Waals surface area contributed by atoms with E-state index in [2.05, 4.69) is 22.5 Å². The number of pyridine rings is 1. The maximum atomic E-state index is 12.5. The first kappa shape index (κ1) is 20.8. The van der Waals surface area contributed by atoms with E-state index in [-0.39, 0.29) is 5.91 Å². The number of nitrogens with zero attached hydrogens (tertiary/aromatic N) is 1. The van der Waals surface area contributed by atoms with E-state index in [1.165, 1.54) is 0 Å². The molecular formula is C23H25ClN4O. The molecule has 0 saturated carbocycles. The highest BCUT2D eigenvalue weighted by Crippen LogP contribution is 2.27. The van der Waals surface area contributed by atoms with Gasteiger partial charge in [-0.05, 0) is 48.9 Å². The van der Waals surface area contributed by atoms with Crippen molar-refractivity contribution in [2.24, 2.45) is 0 Å². The summed E-state index contributed by atoms with van der Waals surface area (Å²) in [5.41, 5.74) is 10.1. The second kappa shape index (κ2) is 10.0. The summed E-state index contributed by atoms with van der Waals surface area (Å²) in [7, 11) is 0. The van der Waals surface area contributed by atoms with Gasteiger partial charge in [0.2, 0.25) is 0 Å². The van der Waals surface area contributed by atoms with Crippen LogP contribution in [-0.4, -0.2) is 17.4 Å². The number of unbranched alkanes of at least 4 members (excludes halogenated alkanes) is 1. The fraction of sp³-hybridized carbons (Fsp3) is 0.217. The fourth-order valence-electron chi connectivity index (χ4n) is 2.91. The fourth-order valence-corrected chi connectivity index (χ4v) is 3.20. The molecule has 2 aromatic carbocycles. The second-order valence-corrected chi connectivity index (χ2v) is 7.23. The van der Waals surface area contributed by atoms with Crippen LogP contribution >= 0.6 is 11.6 Å². The van der Waals surface area contributed by atoms with Crippen LogP contribution in [0.15, 0.2) is 60.8 Å².